The van der Waals surface area contributed by atoms with E-state index in [1.54, 1.807) is 6.07 Å². The summed E-state index contributed by atoms with van der Waals surface area (Å²) in [6.45, 7) is 2.59. The van der Waals surface area contributed by atoms with Gasteiger partial charge >= 0.3 is 0 Å². The zero-order chi connectivity index (χ0) is 21.3. The highest BCUT2D eigenvalue weighted by Gasteiger charge is 2.18. The molecule has 0 atom stereocenters. The fourth-order valence-corrected chi connectivity index (χ4v) is 4.20. The molecule has 29 heavy (non-hydrogen) atoms. The molecule has 0 heterocycles. The van der Waals surface area contributed by atoms with Crippen LogP contribution in [-0.2, 0) is 21.2 Å². The Kier molecular flexibility index (Phi) is 9.29. The number of unbranched alkanes of at least 4 members (excludes halogenated alkanes) is 2. The minimum Gasteiger partial charge on any atom is -0.383 e. The summed E-state index contributed by atoms with van der Waals surface area (Å²) in [5.41, 5.74) is 2.13. The Morgan fingerprint density at radius 3 is 2.48 bits per heavy atom. The lowest BCUT2D eigenvalue weighted by Crippen LogP contribution is -2.27. The maximum atomic E-state index is 12.7. The van der Waals surface area contributed by atoms with Crippen molar-refractivity contribution in [2.24, 2.45) is 0 Å². The maximum absolute atomic E-state index is 12.7. The SMILES string of the molecule is CCCCCc1ccc(NC(=O)c2cc(S(=O)(=O)NCCOC)ccc2Br)cc1. The molecular formula is C21H27BrN2O4S. The molecule has 2 rings (SSSR count). The molecule has 0 aliphatic carbocycles. The maximum Gasteiger partial charge on any atom is 0.256 e. The highest BCUT2D eigenvalue weighted by Crippen LogP contribution is 2.23. The number of hydrogen-bond donors (Lipinski definition) is 2. The summed E-state index contributed by atoms with van der Waals surface area (Å²) in [6, 6.07) is 12.1. The Labute approximate surface area is 181 Å². The number of nitrogens with one attached hydrogen (secondary N) is 2. The molecule has 8 heteroatoms. The lowest BCUT2D eigenvalue weighted by Gasteiger charge is -2.11. The van der Waals surface area contributed by atoms with Gasteiger partial charge in [0.1, 0.15) is 0 Å². The molecule has 6 nitrogen and oxygen atoms in total. The number of anilines is 1. The van der Waals surface area contributed by atoms with Crippen molar-refractivity contribution in [1.29, 1.82) is 0 Å². The van der Waals surface area contributed by atoms with Crippen molar-refractivity contribution in [2.75, 3.05) is 25.6 Å². The first kappa shape index (κ1) is 23.5. The van der Waals surface area contributed by atoms with Crippen LogP contribution in [0.3, 0.4) is 0 Å². The largest absolute Gasteiger partial charge is 0.383 e. The molecule has 0 fully saturated rings. The molecule has 2 aromatic carbocycles. The third-order valence-corrected chi connectivity index (χ3v) is 6.52. The number of methoxy groups -OCH3 is 1. The number of carbonyl (C=O) groups is 1. The summed E-state index contributed by atoms with van der Waals surface area (Å²) in [4.78, 5) is 12.7. The fourth-order valence-electron chi connectivity index (χ4n) is 2.74. The van der Waals surface area contributed by atoms with E-state index >= 15 is 0 Å². The molecule has 1 amide bonds. The summed E-state index contributed by atoms with van der Waals surface area (Å²) >= 11 is 3.33. The number of benzene rings is 2. The highest BCUT2D eigenvalue weighted by molar-refractivity contribution is 9.10. The number of hydrogen-bond acceptors (Lipinski definition) is 4. The molecule has 0 radical (unpaired) electrons. The number of ether oxygens (including phenoxy) is 1. The van der Waals surface area contributed by atoms with E-state index in [1.807, 2.05) is 24.3 Å². The number of aryl methyl sites for hydroxylation is 1. The van der Waals surface area contributed by atoms with Crippen LogP contribution in [0.1, 0.15) is 42.1 Å². The van der Waals surface area contributed by atoms with Gasteiger partial charge in [0, 0.05) is 23.8 Å². The number of carbonyl (C=O) groups excluding carboxylic acids is 1. The first-order chi connectivity index (χ1) is 13.9. The molecular weight excluding hydrogens is 456 g/mol. The molecule has 158 valence electrons. The van der Waals surface area contributed by atoms with Gasteiger partial charge in [-0.2, -0.15) is 0 Å². The average molecular weight is 483 g/mol. The van der Waals surface area contributed by atoms with Crippen LogP contribution in [0.2, 0.25) is 0 Å². The Hall–Kier alpha value is -1.74. The smallest absolute Gasteiger partial charge is 0.256 e. The van der Waals surface area contributed by atoms with Crippen molar-refractivity contribution in [3.63, 3.8) is 0 Å². The van der Waals surface area contributed by atoms with Crippen molar-refractivity contribution in [1.82, 2.24) is 4.72 Å². The molecule has 2 aromatic rings. The van der Waals surface area contributed by atoms with Gasteiger partial charge < -0.3 is 10.1 Å². The van der Waals surface area contributed by atoms with E-state index in [1.165, 1.54) is 37.6 Å². The minimum absolute atomic E-state index is 0.0215. The highest BCUT2D eigenvalue weighted by atomic mass is 79.9. The van der Waals surface area contributed by atoms with Gasteiger partial charge in [-0.25, -0.2) is 13.1 Å². The molecule has 0 aliphatic heterocycles. The summed E-state index contributed by atoms with van der Waals surface area (Å²) in [7, 11) is -2.23. The summed E-state index contributed by atoms with van der Waals surface area (Å²) in [6.07, 6.45) is 4.55. The van der Waals surface area contributed by atoms with E-state index in [-0.39, 0.29) is 29.5 Å². The Morgan fingerprint density at radius 1 is 1.10 bits per heavy atom. The lowest BCUT2D eigenvalue weighted by atomic mass is 10.1. The van der Waals surface area contributed by atoms with Crippen LogP contribution in [0.5, 0.6) is 0 Å². The second-order valence-electron chi connectivity index (χ2n) is 6.64. The minimum atomic E-state index is -3.73. The van der Waals surface area contributed by atoms with Crippen LogP contribution in [0.15, 0.2) is 51.8 Å². The van der Waals surface area contributed by atoms with Crippen molar-refractivity contribution in [2.45, 2.75) is 37.5 Å². The van der Waals surface area contributed by atoms with Gasteiger partial charge in [0.15, 0.2) is 0 Å². The lowest BCUT2D eigenvalue weighted by molar-refractivity contribution is 0.102. The van der Waals surface area contributed by atoms with E-state index < -0.39 is 10.0 Å². The molecule has 0 saturated heterocycles. The van der Waals surface area contributed by atoms with Crippen LogP contribution in [-0.4, -0.2) is 34.6 Å². The number of rotatable bonds is 11. The van der Waals surface area contributed by atoms with Crippen molar-refractivity contribution < 1.29 is 17.9 Å². The van der Waals surface area contributed by atoms with E-state index in [0.717, 1.165) is 12.8 Å². The average Bonchev–Trinajstić information content (AvgIpc) is 2.69. The van der Waals surface area contributed by atoms with E-state index in [4.69, 9.17) is 4.74 Å². The molecule has 2 N–H and O–H groups in total. The number of sulfonamides is 1. The normalized spacial score (nSPS) is 11.4. The first-order valence-electron chi connectivity index (χ1n) is 9.56. The van der Waals surface area contributed by atoms with Crippen LogP contribution in [0, 0.1) is 0 Å². The molecule has 0 aliphatic rings. The fraction of sp³-hybridized carbons (Fsp3) is 0.381. The van der Waals surface area contributed by atoms with Gasteiger partial charge in [0.25, 0.3) is 5.91 Å². The Balaban J connectivity index is 2.10. The Morgan fingerprint density at radius 2 is 1.83 bits per heavy atom. The molecule has 0 bridgehead atoms. The first-order valence-corrected chi connectivity index (χ1v) is 11.8. The van der Waals surface area contributed by atoms with Gasteiger partial charge in [0.2, 0.25) is 10.0 Å². The van der Waals surface area contributed by atoms with Crippen molar-refractivity contribution in [3.8, 4) is 0 Å². The summed E-state index contributed by atoms with van der Waals surface area (Å²) in [5.74, 6) is -0.385. The third-order valence-electron chi connectivity index (χ3n) is 4.37. The second-order valence-corrected chi connectivity index (χ2v) is 9.26. The standard InChI is InChI=1S/C21H27BrN2O4S/c1-3-4-5-6-16-7-9-17(10-8-16)24-21(25)19-15-18(11-12-20(19)22)29(26,27)23-13-14-28-2/h7-12,15,23H,3-6,13-14H2,1-2H3,(H,24,25). The van der Waals surface area contributed by atoms with E-state index in [2.05, 4.69) is 32.9 Å². The van der Waals surface area contributed by atoms with Gasteiger partial charge in [-0.1, -0.05) is 31.9 Å². The molecule has 0 unspecified atom stereocenters. The van der Waals surface area contributed by atoms with Gasteiger partial charge in [-0.05, 0) is 64.7 Å². The van der Waals surface area contributed by atoms with Crippen LogP contribution in [0.25, 0.3) is 0 Å². The van der Waals surface area contributed by atoms with Gasteiger partial charge in [0.05, 0.1) is 17.1 Å². The zero-order valence-corrected chi connectivity index (χ0v) is 19.1. The Bertz CT molecular complexity index is 915. The topological polar surface area (TPSA) is 84.5 Å². The second kappa shape index (κ2) is 11.4. The van der Waals surface area contributed by atoms with Crippen LogP contribution >= 0.6 is 15.9 Å². The summed E-state index contributed by atoms with van der Waals surface area (Å²) in [5, 5.41) is 2.82. The van der Waals surface area contributed by atoms with Crippen molar-refractivity contribution in [3.05, 3.63) is 58.1 Å². The van der Waals surface area contributed by atoms with E-state index in [9.17, 15) is 13.2 Å². The van der Waals surface area contributed by atoms with E-state index in [0.29, 0.717) is 10.2 Å². The van der Waals surface area contributed by atoms with Gasteiger partial charge in [-0.15, -0.1) is 0 Å². The monoisotopic (exact) mass is 482 g/mol. The van der Waals surface area contributed by atoms with Crippen molar-refractivity contribution >= 4 is 37.5 Å². The predicted molar refractivity (Wildman–Crippen MR) is 119 cm³/mol. The number of amides is 1. The third kappa shape index (κ3) is 7.22. The number of halogens is 1. The summed E-state index contributed by atoms with van der Waals surface area (Å²) < 4.78 is 32.6. The zero-order valence-electron chi connectivity index (χ0n) is 16.7. The molecule has 0 saturated carbocycles. The van der Waals surface area contributed by atoms with Crippen LogP contribution in [0.4, 0.5) is 5.69 Å². The predicted octanol–water partition coefficient (Wildman–Crippen LogP) is 4.36. The van der Waals surface area contributed by atoms with Crippen LogP contribution < -0.4 is 10.0 Å². The molecule has 0 spiro atoms. The molecule has 0 aromatic heterocycles. The quantitative estimate of drug-likeness (QED) is 0.466. The van der Waals surface area contributed by atoms with Gasteiger partial charge in [-0.3, -0.25) is 4.79 Å².